The maximum atomic E-state index is 13.9. The fraction of sp³-hybridized carbons (Fsp3) is 0.560. The summed E-state index contributed by atoms with van der Waals surface area (Å²) in [5.74, 6) is -2.09. The molecule has 2 aromatic rings. The number of Topliss-reactive ketones (excluding diaryl/α,β-unsaturated/α-hetero) is 1. The van der Waals surface area contributed by atoms with Gasteiger partial charge in [0.15, 0.2) is 5.78 Å². The Morgan fingerprint density at radius 3 is 2.22 bits per heavy atom. The quantitative estimate of drug-likeness (QED) is 0.549. The van der Waals surface area contributed by atoms with Gasteiger partial charge in [0.05, 0.1) is 5.69 Å². The van der Waals surface area contributed by atoms with Crippen molar-refractivity contribution in [1.82, 2.24) is 9.88 Å². The summed E-state index contributed by atoms with van der Waals surface area (Å²) in [7, 11) is 0. The van der Waals surface area contributed by atoms with Gasteiger partial charge in [-0.05, 0) is 73.4 Å². The molecule has 2 atom stereocenters. The number of aromatic amines is 1. The number of nitrogens with one attached hydrogen (secondary N) is 1. The molecular weight excluding hydrogens is 408 g/mol. The molecule has 0 bridgehead atoms. The Labute approximate surface area is 189 Å². The summed E-state index contributed by atoms with van der Waals surface area (Å²) in [6.07, 6.45) is -0.0171. The summed E-state index contributed by atoms with van der Waals surface area (Å²) in [6.45, 7) is 14.1. The topological polar surface area (TPSA) is 88.7 Å². The van der Waals surface area contributed by atoms with Crippen molar-refractivity contribution in [3.05, 3.63) is 35.5 Å². The van der Waals surface area contributed by atoms with Crippen molar-refractivity contribution in [2.45, 2.75) is 78.6 Å². The van der Waals surface area contributed by atoms with Crippen molar-refractivity contribution in [3.63, 3.8) is 0 Å². The van der Waals surface area contributed by atoms with E-state index in [9.17, 15) is 14.4 Å². The van der Waals surface area contributed by atoms with Crippen molar-refractivity contribution in [1.29, 1.82) is 0 Å². The van der Waals surface area contributed by atoms with Crippen LogP contribution in [0.4, 0.5) is 4.79 Å². The third-order valence-electron chi connectivity index (χ3n) is 5.67. The Balaban J connectivity index is 2.12. The summed E-state index contributed by atoms with van der Waals surface area (Å²) < 4.78 is 11.1. The molecule has 0 spiro atoms. The van der Waals surface area contributed by atoms with Gasteiger partial charge < -0.3 is 14.5 Å². The van der Waals surface area contributed by atoms with E-state index < -0.39 is 40.5 Å². The minimum Gasteiger partial charge on any atom is -0.459 e. The number of carbonyl (C=O) groups excluding carboxylic acids is 3. The average Bonchev–Trinajstić information content (AvgIpc) is 3.04. The van der Waals surface area contributed by atoms with Gasteiger partial charge in [-0.3, -0.25) is 14.5 Å². The molecule has 1 aromatic heterocycles. The van der Waals surface area contributed by atoms with Gasteiger partial charge in [0.2, 0.25) is 0 Å². The largest absolute Gasteiger partial charge is 0.459 e. The fourth-order valence-electron chi connectivity index (χ4n) is 4.22. The lowest BCUT2D eigenvalue weighted by Crippen LogP contribution is -2.59. The van der Waals surface area contributed by atoms with Crippen molar-refractivity contribution >= 4 is 28.7 Å². The van der Waals surface area contributed by atoms with Crippen LogP contribution in [0.25, 0.3) is 10.9 Å². The molecule has 0 aliphatic carbocycles. The van der Waals surface area contributed by atoms with Crippen LogP contribution in [0, 0.1) is 5.92 Å². The van der Waals surface area contributed by atoms with E-state index >= 15 is 0 Å². The first-order chi connectivity index (χ1) is 14.6. The highest BCUT2D eigenvalue weighted by molar-refractivity contribution is 6.06. The van der Waals surface area contributed by atoms with Crippen LogP contribution in [0.2, 0.25) is 0 Å². The number of para-hydroxylation sites is 1. The number of amides is 1. The molecule has 0 radical (unpaired) electrons. The van der Waals surface area contributed by atoms with Gasteiger partial charge >= 0.3 is 12.1 Å². The maximum Gasteiger partial charge on any atom is 0.411 e. The SMILES string of the molecule is C[C@H](C(=O)OC(C)(C)C)C(=O)[C@@]1(C)c2[nH]c3ccccc3c2CCN1C(=O)OC(C)(C)C. The first-order valence-corrected chi connectivity index (χ1v) is 11.0. The van der Waals surface area contributed by atoms with E-state index in [1.807, 2.05) is 24.3 Å². The highest BCUT2D eigenvalue weighted by Gasteiger charge is 2.52. The Hall–Kier alpha value is -2.83. The highest BCUT2D eigenvalue weighted by Crippen LogP contribution is 2.41. The summed E-state index contributed by atoms with van der Waals surface area (Å²) in [5, 5.41) is 1.01. The van der Waals surface area contributed by atoms with Gasteiger partial charge in [-0.15, -0.1) is 0 Å². The van der Waals surface area contributed by atoms with Crippen LogP contribution in [0.1, 0.15) is 66.6 Å². The molecule has 3 rings (SSSR count). The van der Waals surface area contributed by atoms with E-state index in [4.69, 9.17) is 9.47 Å². The number of carbonyl (C=O) groups is 3. The lowest BCUT2D eigenvalue weighted by Gasteiger charge is -2.44. The second-order valence-electron chi connectivity index (χ2n) is 10.6. The normalized spacial score (nSPS) is 19.9. The second kappa shape index (κ2) is 7.94. The molecule has 32 heavy (non-hydrogen) atoms. The summed E-state index contributed by atoms with van der Waals surface area (Å²) in [5.41, 5.74) is -0.378. The number of aromatic nitrogens is 1. The summed E-state index contributed by atoms with van der Waals surface area (Å²) >= 11 is 0. The van der Waals surface area contributed by atoms with Gasteiger partial charge in [0.25, 0.3) is 0 Å². The predicted molar refractivity (Wildman–Crippen MR) is 122 cm³/mol. The molecule has 7 nitrogen and oxygen atoms in total. The molecule has 7 heteroatoms. The summed E-state index contributed by atoms with van der Waals surface area (Å²) in [4.78, 5) is 44.7. The van der Waals surface area contributed by atoms with Crippen LogP contribution >= 0.6 is 0 Å². The number of ether oxygens (including phenoxy) is 2. The number of benzene rings is 1. The third-order valence-corrected chi connectivity index (χ3v) is 5.67. The zero-order chi connectivity index (χ0) is 24.1. The number of fused-ring (bicyclic) bond motifs is 3. The Morgan fingerprint density at radius 1 is 1.03 bits per heavy atom. The molecule has 1 aliphatic heterocycles. The van der Waals surface area contributed by atoms with Gasteiger partial charge in [-0.1, -0.05) is 18.2 Å². The first-order valence-electron chi connectivity index (χ1n) is 11.0. The smallest absolute Gasteiger partial charge is 0.411 e. The van der Waals surface area contributed by atoms with E-state index in [1.54, 1.807) is 48.5 Å². The zero-order valence-electron chi connectivity index (χ0n) is 20.3. The molecule has 0 saturated carbocycles. The van der Waals surface area contributed by atoms with Crippen LogP contribution in [0.5, 0.6) is 0 Å². The number of hydrogen-bond acceptors (Lipinski definition) is 5. The number of H-pyrrole nitrogens is 1. The van der Waals surface area contributed by atoms with Crippen molar-refractivity contribution < 1.29 is 23.9 Å². The van der Waals surface area contributed by atoms with Gasteiger partial charge in [-0.25, -0.2) is 4.79 Å². The molecule has 0 fully saturated rings. The van der Waals surface area contributed by atoms with Crippen LogP contribution < -0.4 is 0 Å². The Bertz CT molecular complexity index is 1060. The molecular formula is C25H34N2O5. The number of ketones is 1. The molecule has 0 unspecified atom stereocenters. The van der Waals surface area contributed by atoms with Crippen LogP contribution in [-0.2, 0) is 31.0 Å². The van der Waals surface area contributed by atoms with Crippen LogP contribution in [0.15, 0.2) is 24.3 Å². The first kappa shape index (κ1) is 23.8. The lowest BCUT2D eigenvalue weighted by molar-refractivity contribution is -0.164. The van der Waals surface area contributed by atoms with E-state index in [-0.39, 0.29) is 0 Å². The predicted octanol–water partition coefficient (Wildman–Crippen LogP) is 4.72. The fourth-order valence-corrected chi connectivity index (χ4v) is 4.22. The number of nitrogens with zero attached hydrogens (tertiary/aromatic N) is 1. The van der Waals surface area contributed by atoms with E-state index in [0.717, 1.165) is 16.5 Å². The van der Waals surface area contributed by atoms with Gasteiger partial charge in [0, 0.05) is 17.4 Å². The Morgan fingerprint density at radius 2 is 1.62 bits per heavy atom. The monoisotopic (exact) mass is 442 g/mol. The number of rotatable bonds is 3. The van der Waals surface area contributed by atoms with Crippen molar-refractivity contribution in [2.75, 3.05) is 6.54 Å². The minimum absolute atomic E-state index is 0.299. The Kier molecular flexibility index (Phi) is 5.91. The molecule has 1 aliphatic rings. The van der Waals surface area contributed by atoms with E-state index in [1.165, 1.54) is 11.8 Å². The molecule has 1 aromatic carbocycles. The van der Waals surface area contributed by atoms with E-state index in [2.05, 4.69) is 4.98 Å². The maximum absolute atomic E-state index is 13.9. The van der Waals surface area contributed by atoms with Gasteiger partial charge in [-0.2, -0.15) is 0 Å². The summed E-state index contributed by atoms with van der Waals surface area (Å²) in [6, 6.07) is 7.79. The third kappa shape index (κ3) is 4.38. The zero-order valence-corrected chi connectivity index (χ0v) is 20.3. The lowest BCUT2D eigenvalue weighted by atomic mass is 9.79. The molecule has 1 amide bonds. The number of hydrogen-bond donors (Lipinski definition) is 1. The van der Waals surface area contributed by atoms with Crippen LogP contribution in [0.3, 0.4) is 0 Å². The van der Waals surface area contributed by atoms with E-state index in [0.29, 0.717) is 18.7 Å². The molecule has 1 N–H and O–H groups in total. The molecule has 0 saturated heterocycles. The standard InChI is InChI=1S/C25H34N2O5/c1-15(21(29)31-23(2,3)4)20(28)25(8)19-17(16-11-9-10-12-18(16)26-19)13-14-27(25)22(30)32-24(5,6)7/h9-12,15,26H,13-14H2,1-8H3/t15-,25+/m0/s1. The highest BCUT2D eigenvalue weighted by atomic mass is 16.6. The number of esters is 1. The second-order valence-corrected chi connectivity index (χ2v) is 10.6. The average molecular weight is 443 g/mol. The van der Waals surface area contributed by atoms with Gasteiger partial charge in [0.1, 0.15) is 22.7 Å². The van der Waals surface area contributed by atoms with Crippen LogP contribution in [-0.4, -0.2) is 45.5 Å². The molecule has 174 valence electrons. The minimum atomic E-state index is -1.41. The van der Waals surface area contributed by atoms with Crippen molar-refractivity contribution in [3.8, 4) is 0 Å². The molecule has 2 heterocycles. The van der Waals surface area contributed by atoms with Crippen molar-refractivity contribution in [2.24, 2.45) is 5.92 Å².